The Hall–Kier alpha value is -1.35. The number of H-pyrrole nitrogens is 1. The molecule has 2 nitrogen and oxygen atoms in total. The van der Waals surface area contributed by atoms with Crippen LogP contribution in [0, 0.1) is 0 Å². The van der Waals surface area contributed by atoms with Gasteiger partial charge in [0.25, 0.3) is 0 Å². The number of hydrogen-bond acceptors (Lipinski definition) is 1. The molecule has 80 valence electrons. The maximum absolute atomic E-state index is 11.9. The summed E-state index contributed by atoms with van der Waals surface area (Å²) in [4.78, 5) is 3.21. The third kappa shape index (κ3) is 2.36. The van der Waals surface area contributed by atoms with Gasteiger partial charge in [0.15, 0.2) is 0 Å². The van der Waals surface area contributed by atoms with E-state index in [0.717, 1.165) is 13.1 Å². The van der Waals surface area contributed by atoms with Gasteiger partial charge in [-0.1, -0.05) is 18.2 Å². The van der Waals surface area contributed by atoms with Crippen molar-refractivity contribution in [1.29, 1.82) is 0 Å². The predicted molar refractivity (Wildman–Crippen MR) is 60.6 cm³/mol. The molecule has 0 amide bonds. The van der Waals surface area contributed by atoms with E-state index in [1.807, 2.05) is 12.3 Å². The lowest BCUT2D eigenvalue weighted by molar-refractivity contribution is 0.459. The van der Waals surface area contributed by atoms with Crippen LogP contribution in [0.2, 0.25) is 0 Å². The van der Waals surface area contributed by atoms with E-state index in [4.69, 9.17) is 0 Å². The van der Waals surface area contributed by atoms with E-state index >= 15 is 0 Å². The molecule has 0 radical (unpaired) electrons. The summed E-state index contributed by atoms with van der Waals surface area (Å²) >= 11 is 0. The minimum Gasteiger partial charge on any atom is -0.361 e. The highest BCUT2D eigenvalue weighted by atomic mass is 19.1. The number of benzene rings is 1. The highest BCUT2D eigenvalue weighted by molar-refractivity contribution is 5.82. The van der Waals surface area contributed by atoms with Crippen molar-refractivity contribution in [1.82, 2.24) is 10.3 Å². The van der Waals surface area contributed by atoms with Gasteiger partial charge in [-0.2, -0.15) is 0 Å². The first-order valence-corrected chi connectivity index (χ1v) is 5.23. The summed E-state index contributed by atoms with van der Waals surface area (Å²) < 4.78 is 11.9. The number of halogens is 1. The molecule has 15 heavy (non-hydrogen) atoms. The van der Waals surface area contributed by atoms with E-state index in [1.54, 1.807) is 0 Å². The van der Waals surface area contributed by atoms with E-state index in [0.29, 0.717) is 6.42 Å². The molecule has 0 aliphatic rings. The first-order chi connectivity index (χ1) is 7.42. The fraction of sp³-hybridized carbons (Fsp3) is 0.333. The highest BCUT2D eigenvalue weighted by Gasteiger charge is 2.00. The Bertz CT molecular complexity index is 422. The average Bonchev–Trinajstić information content (AvgIpc) is 2.73. The van der Waals surface area contributed by atoms with Gasteiger partial charge in [-0.05, 0) is 30.0 Å². The summed E-state index contributed by atoms with van der Waals surface area (Å²) in [5, 5.41) is 4.45. The number of para-hydroxylation sites is 1. The zero-order valence-electron chi connectivity index (χ0n) is 8.59. The van der Waals surface area contributed by atoms with Crippen molar-refractivity contribution in [3.8, 4) is 0 Å². The molecule has 2 N–H and O–H groups in total. The Balaban J connectivity index is 2.04. The first-order valence-electron chi connectivity index (χ1n) is 5.23. The van der Waals surface area contributed by atoms with Crippen LogP contribution in [-0.2, 0) is 6.54 Å². The van der Waals surface area contributed by atoms with E-state index < -0.39 is 0 Å². The van der Waals surface area contributed by atoms with Gasteiger partial charge in [0.1, 0.15) is 0 Å². The molecule has 2 aromatic rings. The smallest absolute Gasteiger partial charge is 0.0906 e. The molecule has 0 saturated carbocycles. The van der Waals surface area contributed by atoms with Gasteiger partial charge in [0.05, 0.1) is 6.67 Å². The molecular weight excluding hydrogens is 191 g/mol. The lowest BCUT2D eigenvalue weighted by Crippen LogP contribution is -2.15. The summed E-state index contributed by atoms with van der Waals surface area (Å²) in [5.74, 6) is 0. The summed E-state index contributed by atoms with van der Waals surface area (Å²) in [6, 6.07) is 8.26. The molecule has 0 atom stereocenters. The summed E-state index contributed by atoms with van der Waals surface area (Å²) in [6.07, 6.45) is 2.52. The van der Waals surface area contributed by atoms with Gasteiger partial charge < -0.3 is 10.3 Å². The molecule has 0 aliphatic heterocycles. The normalized spacial score (nSPS) is 11.0. The largest absolute Gasteiger partial charge is 0.361 e. The topological polar surface area (TPSA) is 27.8 Å². The van der Waals surface area contributed by atoms with E-state index in [9.17, 15) is 4.39 Å². The first kappa shape index (κ1) is 10.2. The van der Waals surface area contributed by atoms with Crippen LogP contribution in [0.25, 0.3) is 10.9 Å². The third-order valence-corrected chi connectivity index (χ3v) is 2.48. The second-order valence-electron chi connectivity index (χ2n) is 3.58. The Morgan fingerprint density at radius 1 is 1.27 bits per heavy atom. The molecule has 1 aromatic carbocycles. The van der Waals surface area contributed by atoms with Crippen molar-refractivity contribution in [2.24, 2.45) is 0 Å². The maximum Gasteiger partial charge on any atom is 0.0906 e. The predicted octanol–water partition coefficient (Wildman–Crippen LogP) is 2.62. The second kappa shape index (κ2) is 4.94. The number of aromatic amines is 1. The lowest BCUT2D eigenvalue weighted by atomic mass is 10.1. The van der Waals surface area contributed by atoms with Gasteiger partial charge in [-0.15, -0.1) is 0 Å². The van der Waals surface area contributed by atoms with Crippen LogP contribution in [0.1, 0.15) is 12.0 Å². The molecule has 0 bridgehead atoms. The quantitative estimate of drug-likeness (QED) is 0.723. The minimum absolute atomic E-state index is 0.250. The monoisotopic (exact) mass is 206 g/mol. The van der Waals surface area contributed by atoms with Gasteiger partial charge in [0.2, 0.25) is 0 Å². The Kier molecular flexibility index (Phi) is 3.35. The van der Waals surface area contributed by atoms with Crippen molar-refractivity contribution in [2.75, 3.05) is 13.2 Å². The van der Waals surface area contributed by atoms with E-state index in [1.165, 1.54) is 16.5 Å². The third-order valence-electron chi connectivity index (χ3n) is 2.48. The molecule has 0 fully saturated rings. The summed E-state index contributed by atoms with van der Waals surface area (Å²) in [7, 11) is 0. The number of aromatic nitrogens is 1. The van der Waals surface area contributed by atoms with Crippen LogP contribution >= 0.6 is 0 Å². The van der Waals surface area contributed by atoms with Crippen molar-refractivity contribution in [2.45, 2.75) is 13.0 Å². The highest BCUT2D eigenvalue weighted by Crippen LogP contribution is 2.16. The van der Waals surface area contributed by atoms with Crippen LogP contribution in [0.15, 0.2) is 30.5 Å². The Labute approximate surface area is 88.5 Å². The summed E-state index contributed by atoms with van der Waals surface area (Å²) in [6.45, 7) is 1.27. The average molecular weight is 206 g/mol. The van der Waals surface area contributed by atoms with E-state index in [-0.39, 0.29) is 6.67 Å². The fourth-order valence-electron chi connectivity index (χ4n) is 1.71. The van der Waals surface area contributed by atoms with Gasteiger partial charge in [-0.3, -0.25) is 4.39 Å². The standard InChI is InChI=1S/C12H15FN2/c13-6-2-7-14-9-11-4-1-3-10-5-8-15-12(10)11/h1,3-5,8,14-15H,2,6-7,9H2. The van der Waals surface area contributed by atoms with Crippen molar-refractivity contribution in [3.05, 3.63) is 36.0 Å². The molecule has 0 unspecified atom stereocenters. The molecular formula is C12H15FN2. The number of nitrogens with one attached hydrogen (secondary N) is 2. The van der Waals surface area contributed by atoms with Crippen LogP contribution in [0.5, 0.6) is 0 Å². The second-order valence-corrected chi connectivity index (χ2v) is 3.58. The molecule has 1 aromatic heterocycles. The summed E-state index contributed by atoms with van der Waals surface area (Å²) in [5.41, 5.74) is 2.40. The van der Waals surface area contributed by atoms with Crippen molar-refractivity contribution >= 4 is 10.9 Å². The Morgan fingerprint density at radius 2 is 2.20 bits per heavy atom. The maximum atomic E-state index is 11.9. The van der Waals surface area contributed by atoms with Gasteiger partial charge in [0, 0.05) is 18.3 Å². The molecule has 0 saturated heterocycles. The SMILES string of the molecule is FCCCNCc1cccc2cc[nH]c12. The van der Waals surface area contributed by atoms with Crippen molar-refractivity contribution < 1.29 is 4.39 Å². The molecule has 0 spiro atoms. The fourth-order valence-corrected chi connectivity index (χ4v) is 1.71. The van der Waals surface area contributed by atoms with Crippen LogP contribution in [-0.4, -0.2) is 18.2 Å². The molecule has 0 aliphatic carbocycles. The van der Waals surface area contributed by atoms with Gasteiger partial charge >= 0.3 is 0 Å². The van der Waals surface area contributed by atoms with Gasteiger partial charge in [-0.25, -0.2) is 0 Å². The minimum atomic E-state index is -0.250. The number of rotatable bonds is 5. The zero-order chi connectivity index (χ0) is 10.5. The number of alkyl halides is 1. The molecule has 1 heterocycles. The number of fused-ring (bicyclic) bond motifs is 1. The van der Waals surface area contributed by atoms with E-state index in [2.05, 4.69) is 28.5 Å². The van der Waals surface area contributed by atoms with Crippen molar-refractivity contribution in [3.63, 3.8) is 0 Å². The number of hydrogen-bond donors (Lipinski definition) is 2. The lowest BCUT2D eigenvalue weighted by Gasteiger charge is -2.04. The molecule has 2 rings (SSSR count). The zero-order valence-corrected chi connectivity index (χ0v) is 8.59. The van der Waals surface area contributed by atoms with Crippen LogP contribution in [0.4, 0.5) is 4.39 Å². The Morgan fingerprint density at radius 3 is 3.07 bits per heavy atom. The molecule has 3 heteroatoms. The van der Waals surface area contributed by atoms with Crippen LogP contribution < -0.4 is 5.32 Å². The van der Waals surface area contributed by atoms with Crippen LogP contribution in [0.3, 0.4) is 0 Å².